The van der Waals surface area contributed by atoms with Gasteiger partial charge in [0.25, 0.3) is 0 Å². The summed E-state index contributed by atoms with van der Waals surface area (Å²) in [7, 11) is 0. The van der Waals surface area contributed by atoms with E-state index in [1.165, 1.54) is 0 Å². The van der Waals surface area contributed by atoms with Gasteiger partial charge in [0.1, 0.15) is 0 Å². The Hall–Kier alpha value is -0.161. The summed E-state index contributed by atoms with van der Waals surface area (Å²) in [6, 6.07) is 0. The van der Waals surface area contributed by atoms with Gasteiger partial charge in [-0.3, -0.25) is 0 Å². The minimum absolute atomic E-state index is 7.01. The standard InChI is InChI=1S/Mn.2H2O.3O/h;2*1H2;;;/q+2;;;;;/p-2. The molecule has 0 amide bonds. The molecule has 0 aromatic heterocycles. The maximum atomic E-state index is 8.83. The van der Waals surface area contributed by atoms with Gasteiger partial charge in [-0.25, -0.2) is 0 Å². The van der Waals surface area contributed by atoms with E-state index < -0.39 is 12.2 Å². The van der Waals surface area contributed by atoms with Gasteiger partial charge in [-0.05, 0) is 0 Å². The van der Waals surface area contributed by atoms with E-state index in [9.17, 15) is 0 Å². The van der Waals surface area contributed by atoms with Gasteiger partial charge in [0.05, 0.1) is 0 Å². The predicted octanol–water partition coefficient (Wildman–Crippen LogP) is -1.47. The molecule has 0 aromatic carbocycles. The van der Waals surface area contributed by atoms with Crippen molar-refractivity contribution < 1.29 is 32.1 Å². The first kappa shape index (κ1) is 5.84. The number of rotatable bonds is 0. The second-order valence-corrected chi connectivity index (χ2v) is 2.80. The molecule has 2 N–H and O–H groups in total. The van der Waals surface area contributed by atoms with Gasteiger partial charge >= 0.3 is 32.1 Å². The van der Waals surface area contributed by atoms with Crippen molar-refractivity contribution in [2.45, 2.75) is 0 Å². The van der Waals surface area contributed by atoms with Crippen LogP contribution in [0.3, 0.4) is 0 Å². The fourth-order valence-electron chi connectivity index (χ4n) is 0. The molecular weight excluding hydrogens is 135 g/mol. The van der Waals surface area contributed by atoms with E-state index in [0.717, 1.165) is 0 Å². The Morgan fingerprint density at radius 3 is 1.00 bits per heavy atom. The normalized spacial score (nSPS) is 18.7. The van der Waals surface area contributed by atoms with Crippen molar-refractivity contribution in [2.24, 2.45) is 0 Å². The van der Waals surface area contributed by atoms with E-state index in [1.54, 1.807) is 0 Å². The van der Waals surface area contributed by atoms with Crippen LogP contribution in [-0.4, -0.2) is 8.38 Å². The van der Waals surface area contributed by atoms with Gasteiger partial charge in [-0.15, -0.1) is 0 Å². The Kier molecular flexibility index (Phi) is 0.717. The zero-order valence-corrected chi connectivity index (χ0v) is 3.68. The van der Waals surface area contributed by atoms with E-state index in [-0.39, 0.29) is 0 Å². The molecule has 0 unspecified atom stereocenters. The van der Waals surface area contributed by atoms with E-state index in [4.69, 9.17) is 19.9 Å². The first-order chi connectivity index (χ1) is 2.24. The quantitative estimate of drug-likeness (QED) is 0.397. The van der Waals surface area contributed by atoms with E-state index in [0.29, 0.717) is 0 Å². The summed E-state index contributed by atoms with van der Waals surface area (Å²) in [6.45, 7) is 0. The van der Waals surface area contributed by atoms with Crippen LogP contribution < -0.4 is 0 Å². The van der Waals surface area contributed by atoms with Crippen molar-refractivity contribution in [2.75, 3.05) is 0 Å². The Bertz CT molecular complexity index is 182. The molecule has 6 heavy (non-hydrogen) atoms. The molecular formula is H2MnO5. The molecule has 0 atom stereocenters. The molecule has 0 aliphatic heterocycles. The minimum atomic E-state index is -7.01. The van der Waals surface area contributed by atoms with Gasteiger partial charge < -0.3 is 0 Å². The maximum absolute atomic E-state index is 8.83. The average molecular weight is 137 g/mol. The fraction of sp³-hybridized carbons (Fsp3) is 0. The summed E-state index contributed by atoms with van der Waals surface area (Å²) in [6.07, 6.45) is 0. The SMILES string of the molecule is [O]=[Mn](=[O])(=[O])([OH])[OH]. The fourth-order valence-corrected chi connectivity index (χ4v) is 0. The van der Waals surface area contributed by atoms with Crippen LogP contribution in [0, 0.1) is 0 Å². The Morgan fingerprint density at radius 2 is 1.00 bits per heavy atom. The van der Waals surface area contributed by atoms with Crippen LogP contribution in [0.15, 0.2) is 0 Å². The molecule has 0 spiro atoms. The first-order valence-electron chi connectivity index (χ1n) is 0.801. The molecule has 0 bridgehead atoms. The van der Waals surface area contributed by atoms with Gasteiger partial charge in [-0.2, -0.15) is 0 Å². The molecule has 0 aliphatic carbocycles. The summed E-state index contributed by atoms with van der Waals surface area (Å²) in [5, 5.41) is 0. The zero-order valence-electron chi connectivity index (χ0n) is 2.50. The summed E-state index contributed by atoms with van der Waals surface area (Å²) < 4.78 is 40.6. The third kappa shape index (κ3) is 1200. The molecule has 0 aromatic rings. The average Bonchev–Trinajstić information content (AvgIpc) is 0.650. The van der Waals surface area contributed by atoms with Crippen molar-refractivity contribution in [1.82, 2.24) is 0 Å². The van der Waals surface area contributed by atoms with Crippen molar-refractivity contribution in [3.8, 4) is 0 Å². The summed E-state index contributed by atoms with van der Waals surface area (Å²) in [4.78, 5) is 0. The third-order valence-corrected chi connectivity index (χ3v) is 0. The molecule has 6 heteroatoms. The Morgan fingerprint density at radius 1 is 1.00 bits per heavy atom. The molecule has 5 nitrogen and oxygen atoms in total. The summed E-state index contributed by atoms with van der Waals surface area (Å²) in [5.41, 5.74) is 0. The van der Waals surface area contributed by atoms with E-state index in [1.807, 2.05) is 0 Å². The third-order valence-electron chi connectivity index (χ3n) is 0. The molecule has 0 heterocycles. The van der Waals surface area contributed by atoms with Gasteiger partial charge in [-0.1, -0.05) is 0 Å². The monoisotopic (exact) mass is 137 g/mol. The number of hydrogen-bond donors (Lipinski definition) is 2. The van der Waals surface area contributed by atoms with Crippen LogP contribution in [0.25, 0.3) is 0 Å². The van der Waals surface area contributed by atoms with Gasteiger partial charge in [0.2, 0.25) is 0 Å². The second kappa shape index (κ2) is 0.737. The molecule has 0 radical (unpaired) electrons. The first-order valence-corrected chi connectivity index (χ1v) is 3.30. The van der Waals surface area contributed by atoms with Crippen LogP contribution >= 0.6 is 0 Å². The van der Waals surface area contributed by atoms with Crippen molar-refractivity contribution in [1.29, 1.82) is 0 Å². The van der Waals surface area contributed by atoms with Crippen molar-refractivity contribution in [3.05, 3.63) is 0 Å². The molecule has 0 fully saturated rings. The zero-order chi connectivity index (χ0) is 5.45. The van der Waals surface area contributed by atoms with Crippen molar-refractivity contribution in [3.63, 3.8) is 0 Å². The van der Waals surface area contributed by atoms with E-state index >= 15 is 0 Å². The van der Waals surface area contributed by atoms with Crippen molar-refractivity contribution >= 4 is 0 Å². The molecule has 0 aliphatic rings. The van der Waals surface area contributed by atoms with Gasteiger partial charge in [0, 0.05) is 0 Å². The van der Waals surface area contributed by atoms with E-state index in [2.05, 4.69) is 0 Å². The van der Waals surface area contributed by atoms with Crippen LogP contribution in [0.5, 0.6) is 0 Å². The molecule has 0 saturated carbocycles. The van der Waals surface area contributed by atoms with Crippen LogP contribution in [0.2, 0.25) is 0 Å². The summed E-state index contributed by atoms with van der Waals surface area (Å²) >= 11 is -7.01. The second-order valence-electron chi connectivity index (χ2n) is 0.679. The Balaban J connectivity index is 5.37. The van der Waals surface area contributed by atoms with Crippen LogP contribution in [0.1, 0.15) is 0 Å². The molecule has 39 valence electrons. The summed E-state index contributed by atoms with van der Waals surface area (Å²) in [5.74, 6) is 0. The Labute approximate surface area is 33.0 Å². The molecule has 0 rings (SSSR count). The van der Waals surface area contributed by atoms with Gasteiger partial charge in [0.15, 0.2) is 0 Å². The number of hydrogen-bond acceptors (Lipinski definition) is 3. The molecule has 0 saturated heterocycles. The topological polar surface area (TPSA) is 91.7 Å². The van der Waals surface area contributed by atoms with Crippen LogP contribution in [-0.2, 0) is 23.7 Å². The van der Waals surface area contributed by atoms with Crippen LogP contribution in [0.4, 0.5) is 0 Å². The predicted molar refractivity (Wildman–Crippen MR) is 6.50 cm³/mol.